The van der Waals surface area contributed by atoms with E-state index in [9.17, 15) is 4.79 Å². The predicted molar refractivity (Wildman–Crippen MR) is 59.4 cm³/mol. The molecule has 0 bridgehead atoms. The number of carbonyl (C=O) groups is 1. The Bertz CT molecular complexity index is 354. The number of aryl methyl sites for hydroxylation is 1. The van der Waals surface area contributed by atoms with Crippen molar-refractivity contribution < 1.29 is 9.53 Å². The zero-order chi connectivity index (χ0) is 10.7. The number of carbonyl (C=O) groups excluding carboxylic acids is 1. The van der Waals surface area contributed by atoms with Crippen molar-refractivity contribution in [1.29, 1.82) is 0 Å². The molecule has 15 heavy (non-hydrogen) atoms. The Kier molecular flexibility index (Phi) is 3.05. The fourth-order valence-electron chi connectivity index (χ4n) is 1.59. The maximum absolute atomic E-state index is 10.7. The minimum Gasteiger partial charge on any atom is -0.493 e. The van der Waals surface area contributed by atoms with Gasteiger partial charge in [-0.15, -0.1) is 0 Å². The highest BCUT2D eigenvalue weighted by Gasteiger charge is 2.21. The van der Waals surface area contributed by atoms with Gasteiger partial charge in [0.05, 0.1) is 6.61 Å². The average Bonchev–Trinajstić information content (AvgIpc) is 3.09. The monoisotopic (exact) mass is 204 g/mol. The lowest BCUT2D eigenvalue weighted by atomic mass is 10.1. The standard InChI is InChI=1S/C13H16O2/c1-2-11-7-13(6-5-12(11)8-14)15-9-10-3-4-10/h5-8,10H,2-4,9H2,1H3. The molecule has 0 unspecified atom stereocenters. The van der Waals surface area contributed by atoms with E-state index in [0.29, 0.717) is 0 Å². The summed E-state index contributed by atoms with van der Waals surface area (Å²) >= 11 is 0. The second-order valence-electron chi connectivity index (χ2n) is 4.09. The van der Waals surface area contributed by atoms with Crippen LogP contribution in [-0.4, -0.2) is 12.9 Å². The molecule has 1 aromatic rings. The zero-order valence-corrected chi connectivity index (χ0v) is 9.03. The van der Waals surface area contributed by atoms with E-state index in [0.717, 1.165) is 42.1 Å². The second kappa shape index (κ2) is 4.47. The van der Waals surface area contributed by atoms with Crippen molar-refractivity contribution in [3.05, 3.63) is 29.3 Å². The Morgan fingerprint density at radius 2 is 2.27 bits per heavy atom. The quantitative estimate of drug-likeness (QED) is 0.689. The van der Waals surface area contributed by atoms with Gasteiger partial charge >= 0.3 is 0 Å². The summed E-state index contributed by atoms with van der Waals surface area (Å²) in [7, 11) is 0. The van der Waals surface area contributed by atoms with E-state index in [2.05, 4.69) is 0 Å². The fourth-order valence-corrected chi connectivity index (χ4v) is 1.59. The van der Waals surface area contributed by atoms with E-state index in [-0.39, 0.29) is 0 Å². The average molecular weight is 204 g/mol. The molecule has 1 fully saturated rings. The van der Waals surface area contributed by atoms with E-state index in [1.807, 2.05) is 25.1 Å². The lowest BCUT2D eigenvalue weighted by Gasteiger charge is -2.08. The van der Waals surface area contributed by atoms with Gasteiger partial charge in [-0.3, -0.25) is 4.79 Å². The number of aldehydes is 1. The molecule has 0 atom stereocenters. The predicted octanol–water partition coefficient (Wildman–Crippen LogP) is 2.85. The number of hydrogen-bond acceptors (Lipinski definition) is 2. The van der Waals surface area contributed by atoms with Gasteiger partial charge < -0.3 is 4.74 Å². The molecule has 0 saturated heterocycles. The molecule has 2 rings (SSSR count). The van der Waals surface area contributed by atoms with E-state index in [4.69, 9.17) is 4.74 Å². The van der Waals surface area contributed by atoms with Gasteiger partial charge in [-0.1, -0.05) is 6.92 Å². The Labute approximate surface area is 90.3 Å². The summed E-state index contributed by atoms with van der Waals surface area (Å²) in [6.45, 7) is 2.87. The highest BCUT2D eigenvalue weighted by atomic mass is 16.5. The first-order valence-corrected chi connectivity index (χ1v) is 5.54. The molecule has 80 valence electrons. The van der Waals surface area contributed by atoms with Crippen LogP contribution in [0, 0.1) is 5.92 Å². The Hall–Kier alpha value is -1.31. The van der Waals surface area contributed by atoms with Crippen LogP contribution >= 0.6 is 0 Å². The van der Waals surface area contributed by atoms with Crippen LogP contribution in [0.3, 0.4) is 0 Å². The molecule has 1 aliphatic rings. The molecule has 1 saturated carbocycles. The third-order valence-electron chi connectivity index (χ3n) is 2.80. The first-order valence-electron chi connectivity index (χ1n) is 5.54. The molecule has 0 radical (unpaired) electrons. The number of rotatable bonds is 5. The summed E-state index contributed by atoms with van der Waals surface area (Å²) in [4.78, 5) is 10.7. The van der Waals surface area contributed by atoms with Crippen molar-refractivity contribution in [2.45, 2.75) is 26.2 Å². The summed E-state index contributed by atoms with van der Waals surface area (Å²) in [5.74, 6) is 1.66. The fraction of sp³-hybridized carbons (Fsp3) is 0.462. The SMILES string of the molecule is CCc1cc(OCC2CC2)ccc1C=O. The third-order valence-corrected chi connectivity index (χ3v) is 2.80. The third kappa shape index (κ3) is 2.58. The summed E-state index contributed by atoms with van der Waals surface area (Å²) in [5.41, 5.74) is 1.84. The van der Waals surface area contributed by atoms with E-state index in [1.54, 1.807) is 0 Å². The molecular formula is C13H16O2. The van der Waals surface area contributed by atoms with E-state index >= 15 is 0 Å². The van der Waals surface area contributed by atoms with Crippen LogP contribution in [0.2, 0.25) is 0 Å². The normalized spacial score (nSPS) is 15.0. The van der Waals surface area contributed by atoms with Gasteiger partial charge in [0.15, 0.2) is 0 Å². The first kappa shape index (κ1) is 10.2. The van der Waals surface area contributed by atoms with Gasteiger partial charge in [0, 0.05) is 5.56 Å². The van der Waals surface area contributed by atoms with E-state index < -0.39 is 0 Å². The highest BCUT2D eigenvalue weighted by Crippen LogP contribution is 2.29. The summed E-state index contributed by atoms with van der Waals surface area (Å²) in [5, 5.41) is 0. The van der Waals surface area contributed by atoms with Crippen molar-refractivity contribution in [2.75, 3.05) is 6.61 Å². The zero-order valence-electron chi connectivity index (χ0n) is 9.03. The molecule has 0 heterocycles. The minimum atomic E-state index is 0.765. The molecular weight excluding hydrogens is 188 g/mol. The highest BCUT2D eigenvalue weighted by molar-refractivity contribution is 5.77. The summed E-state index contributed by atoms with van der Waals surface area (Å²) < 4.78 is 5.66. The number of benzene rings is 1. The smallest absolute Gasteiger partial charge is 0.150 e. The van der Waals surface area contributed by atoms with Crippen LogP contribution in [0.5, 0.6) is 5.75 Å². The summed E-state index contributed by atoms with van der Waals surface area (Å²) in [6.07, 6.45) is 4.37. The van der Waals surface area contributed by atoms with Crippen LogP contribution in [0.1, 0.15) is 35.7 Å². The van der Waals surface area contributed by atoms with Crippen molar-refractivity contribution in [1.82, 2.24) is 0 Å². The van der Waals surface area contributed by atoms with Crippen LogP contribution < -0.4 is 4.74 Å². The second-order valence-corrected chi connectivity index (χ2v) is 4.09. The maximum atomic E-state index is 10.7. The molecule has 1 aliphatic carbocycles. The molecule has 2 heteroatoms. The minimum absolute atomic E-state index is 0.765. The summed E-state index contributed by atoms with van der Waals surface area (Å²) in [6, 6.07) is 5.70. The Balaban J connectivity index is 2.06. The first-order chi connectivity index (χ1) is 7.33. The Morgan fingerprint density at radius 3 is 2.87 bits per heavy atom. The molecule has 0 amide bonds. The topological polar surface area (TPSA) is 26.3 Å². The van der Waals surface area contributed by atoms with Gasteiger partial charge in [0.25, 0.3) is 0 Å². The lowest BCUT2D eigenvalue weighted by Crippen LogP contribution is -2.00. The van der Waals surface area contributed by atoms with Crippen LogP contribution in [0.4, 0.5) is 0 Å². The van der Waals surface area contributed by atoms with Crippen molar-refractivity contribution in [3.63, 3.8) is 0 Å². The maximum Gasteiger partial charge on any atom is 0.150 e. The van der Waals surface area contributed by atoms with Crippen molar-refractivity contribution in [3.8, 4) is 5.75 Å². The van der Waals surface area contributed by atoms with Crippen LogP contribution in [-0.2, 0) is 6.42 Å². The van der Waals surface area contributed by atoms with Gasteiger partial charge in [-0.25, -0.2) is 0 Å². The van der Waals surface area contributed by atoms with Crippen LogP contribution in [0.25, 0.3) is 0 Å². The molecule has 0 aliphatic heterocycles. The molecule has 0 N–H and O–H groups in total. The largest absolute Gasteiger partial charge is 0.493 e. The van der Waals surface area contributed by atoms with Gasteiger partial charge in [0.2, 0.25) is 0 Å². The van der Waals surface area contributed by atoms with Gasteiger partial charge in [-0.05, 0) is 48.9 Å². The Morgan fingerprint density at radius 1 is 1.47 bits per heavy atom. The molecule has 2 nitrogen and oxygen atoms in total. The van der Waals surface area contributed by atoms with E-state index in [1.165, 1.54) is 12.8 Å². The van der Waals surface area contributed by atoms with Crippen molar-refractivity contribution >= 4 is 6.29 Å². The lowest BCUT2D eigenvalue weighted by molar-refractivity contribution is 0.112. The molecule has 0 spiro atoms. The molecule has 1 aromatic carbocycles. The molecule has 0 aromatic heterocycles. The van der Waals surface area contributed by atoms with Gasteiger partial charge in [-0.2, -0.15) is 0 Å². The van der Waals surface area contributed by atoms with Crippen molar-refractivity contribution in [2.24, 2.45) is 5.92 Å². The number of ether oxygens (including phenoxy) is 1. The van der Waals surface area contributed by atoms with Gasteiger partial charge in [0.1, 0.15) is 12.0 Å². The number of hydrogen-bond donors (Lipinski definition) is 0. The van der Waals surface area contributed by atoms with Crippen LogP contribution in [0.15, 0.2) is 18.2 Å².